The van der Waals surface area contributed by atoms with Crippen LogP contribution in [0.15, 0.2) is 12.1 Å². The molecular formula is C14H16F2S2. The van der Waals surface area contributed by atoms with E-state index < -0.39 is 11.6 Å². The molecule has 2 unspecified atom stereocenters. The summed E-state index contributed by atoms with van der Waals surface area (Å²) in [6, 6.07) is 3.63. The Morgan fingerprint density at radius 3 is 1.61 bits per heavy atom. The van der Waals surface area contributed by atoms with Crippen LogP contribution in [0.5, 0.6) is 0 Å². The second-order valence-corrected chi connectivity index (χ2v) is 7.50. The van der Waals surface area contributed by atoms with E-state index in [9.17, 15) is 8.78 Å². The van der Waals surface area contributed by atoms with E-state index in [-0.39, 0.29) is 10.5 Å². The summed E-state index contributed by atoms with van der Waals surface area (Å²) in [6.45, 7) is 0. The normalized spacial score (nSPS) is 27.9. The number of thioether (sulfide) groups is 2. The smallest absolute Gasteiger partial charge is 0.163 e. The molecule has 0 spiro atoms. The van der Waals surface area contributed by atoms with Crippen LogP contribution in [-0.4, -0.2) is 11.5 Å². The molecule has 2 saturated heterocycles. The first-order valence-corrected chi connectivity index (χ1v) is 8.58. The van der Waals surface area contributed by atoms with Crippen LogP contribution in [0, 0.1) is 11.6 Å². The Labute approximate surface area is 115 Å². The van der Waals surface area contributed by atoms with Gasteiger partial charge in [-0.05, 0) is 37.2 Å². The Hall–Kier alpha value is -0.220. The van der Waals surface area contributed by atoms with Crippen molar-refractivity contribution in [1.29, 1.82) is 0 Å². The molecule has 0 radical (unpaired) electrons. The van der Waals surface area contributed by atoms with Gasteiger partial charge in [0.15, 0.2) is 11.6 Å². The fraction of sp³-hybridized carbons (Fsp3) is 0.571. The summed E-state index contributed by atoms with van der Waals surface area (Å²) in [7, 11) is 0. The second kappa shape index (κ2) is 5.41. The van der Waals surface area contributed by atoms with Crippen molar-refractivity contribution in [2.24, 2.45) is 0 Å². The van der Waals surface area contributed by atoms with E-state index in [4.69, 9.17) is 0 Å². The van der Waals surface area contributed by atoms with Gasteiger partial charge in [0.25, 0.3) is 0 Å². The Morgan fingerprint density at radius 1 is 0.833 bits per heavy atom. The highest BCUT2D eigenvalue weighted by molar-refractivity contribution is 8.00. The lowest BCUT2D eigenvalue weighted by Crippen LogP contribution is -2.03. The monoisotopic (exact) mass is 286 g/mol. The van der Waals surface area contributed by atoms with E-state index in [2.05, 4.69) is 0 Å². The molecule has 0 aromatic heterocycles. The lowest BCUT2D eigenvalue weighted by molar-refractivity contribution is 0.486. The first-order valence-electron chi connectivity index (χ1n) is 6.48. The standard InChI is InChI=1S/C14H16F2S2/c15-13-9(11-3-1-7-17-11)5-6-10(14(13)16)12-4-2-8-18-12/h5-6,11-12H,1-4,7-8H2. The highest BCUT2D eigenvalue weighted by Crippen LogP contribution is 2.45. The van der Waals surface area contributed by atoms with Crippen molar-refractivity contribution in [3.8, 4) is 0 Å². The van der Waals surface area contributed by atoms with Crippen molar-refractivity contribution in [3.63, 3.8) is 0 Å². The first kappa shape index (κ1) is 12.8. The zero-order valence-corrected chi connectivity index (χ0v) is 11.8. The van der Waals surface area contributed by atoms with Crippen LogP contribution in [0.1, 0.15) is 47.3 Å². The van der Waals surface area contributed by atoms with Crippen LogP contribution in [0.3, 0.4) is 0 Å². The molecule has 2 fully saturated rings. The van der Waals surface area contributed by atoms with Gasteiger partial charge in [0.1, 0.15) is 0 Å². The highest BCUT2D eigenvalue weighted by atomic mass is 32.2. The van der Waals surface area contributed by atoms with Gasteiger partial charge in [-0.2, -0.15) is 23.5 Å². The van der Waals surface area contributed by atoms with E-state index >= 15 is 0 Å². The molecule has 2 aliphatic heterocycles. The molecule has 2 aliphatic rings. The molecule has 2 atom stereocenters. The van der Waals surface area contributed by atoms with Crippen molar-refractivity contribution in [1.82, 2.24) is 0 Å². The average Bonchev–Trinajstić information content (AvgIpc) is 3.03. The van der Waals surface area contributed by atoms with Gasteiger partial charge in [0, 0.05) is 21.6 Å². The second-order valence-electron chi connectivity index (χ2n) is 4.88. The minimum atomic E-state index is -0.598. The van der Waals surface area contributed by atoms with E-state index in [0.717, 1.165) is 37.2 Å². The molecule has 0 saturated carbocycles. The fourth-order valence-corrected chi connectivity index (χ4v) is 5.35. The first-order chi connectivity index (χ1) is 8.77. The maximum atomic E-state index is 14.2. The third-order valence-corrected chi connectivity index (χ3v) is 6.53. The third-order valence-electron chi connectivity index (χ3n) is 3.70. The number of hydrogen-bond acceptors (Lipinski definition) is 2. The molecule has 0 N–H and O–H groups in total. The minimum Gasteiger partial charge on any atom is -0.203 e. The van der Waals surface area contributed by atoms with Crippen molar-refractivity contribution >= 4 is 23.5 Å². The third kappa shape index (κ3) is 2.29. The zero-order valence-electron chi connectivity index (χ0n) is 10.1. The fourth-order valence-electron chi connectivity index (χ4n) is 2.72. The predicted molar refractivity (Wildman–Crippen MR) is 75.2 cm³/mol. The molecular weight excluding hydrogens is 270 g/mol. The van der Waals surface area contributed by atoms with E-state index in [1.165, 1.54) is 0 Å². The van der Waals surface area contributed by atoms with Gasteiger partial charge < -0.3 is 0 Å². The summed E-state index contributed by atoms with van der Waals surface area (Å²) in [6.07, 6.45) is 4.16. The van der Waals surface area contributed by atoms with Gasteiger partial charge in [-0.25, -0.2) is 8.78 Å². The summed E-state index contributed by atoms with van der Waals surface area (Å²) in [5.74, 6) is 0.927. The number of rotatable bonds is 2. The van der Waals surface area contributed by atoms with E-state index in [1.54, 1.807) is 23.5 Å². The Balaban J connectivity index is 1.92. The minimum absolute atomic E-state index is 0.157. The molecule has 3 rings (SSSR count). The molecule has 0 amide bonds. The molecule has 18 heavy (non-hydrogen) atoms. The number of hydrogen-bond donors (Lipinski definition) is 0. The Kier molecular flexibility index (Phi) is 3.85. The van der Waals surface area contributed by atoms with Crippen molar-refractivity contribution in [2.45, 2.75) is 36.2 Å². The molecule has 0 nitrogen and oxygen atoms in total. The lowest BCUT2D eigenvalue weighted by atomic mass is 10.0. The van der Waals surface area contributed by atoms with Crippen molar-refractivity contribution < 1.29 is 8.78 Å². The maximum absolute atomic E-state index is 14.2. The molecule has 98 valence electrons. The largest absolute Gasteiger partial charge is 0.203 e. The van der Waals surface area contributed by atoms with Gasteiger partial charge in [-0.3, -0.25) is 0 Å². The van der Waals surface area contributed by atoms with Crippen LogP contribution < -0.4 is 0 Å². The summed E-state index contributed by atoms with van der Waals surface area (Å²) in [5.41, 5.74) is 1.14. The van der Waals surface area contributed by atoms with Crippen LogP contribution >= 0.6 is 23.5 Å². The molecule has 0 aliphatic carbocycles. The van der Waals surface area contributed by atoms with Crippen LogP contribution in [0.25, 0.3) is 0 Å². The maximum Gasteiger partial charge on any atom is 0.163 e. The summed E-state index contributed by atoms with van der Waals surface area (Å²) >= 11 is 3.49. The van der Waals surface area contributed by atoms with Gasteiger partial charge in [-0.1, -0.05) is 12.1 Å². The van der Waals surface area contributed by atoms with Crippen LogP contribution in [0.2, 0.25) is 0 Å². The summed E-state index contributed by atoms with van der Waals surface area (Å²) < 4.78 is 28.3. The Morgan fingerprint density at radius 2 is 1.28 bits per heavy atom. The lowest BCUT2D eigenvalue weighted by Gasteiger charge is -2.15. The molecule has 4 heteroatoms. The quantitative estimate of drug-likeness (QED) is 0.741. The summed E-state index contributed by atoms with van der Waals surface area (Å²) in [5, 5.41) is 0.314. The number of halogens is 2. The van der Waals surface area contributed by atoms with Gasteiger partial charge in [0.05, 0.1) is 0 Å². The van der Waals surface area contributed by atoms with E-state index in [0.29, 0.717) is 11.1 Å². The topological polar surface area (TPSA) is 0 Å². The van der Waals surface area contributed by atoms with Gasteiger partial charge in [-0.15, -0.1) is 0 Å². The van der Waals surface area contributed by atoms with E-state index in [1.807, 2.05) is 12.1 Å². The van der Waals surface area contributed by atoms with Gasteiger partial charge in [0.2, 0.25) is 0 Å². The van der Waals surface area contributed by atoms with Crippen LogP contribution in [0.4, 0.5) is 8.78 Å². The van der Waals surface area contributed by atoms with Crippen LogP contribution in [-0.2, 0) is 0 Å². The number of benzene rings is 1. The average molecular weight is 286 g/mol. The van der Waals surface area contributed by atoms with Crippen molar-refractivity contribution in [2.75, 3.05) is 11.5 Å². The zero-order chi connectivity index (χ0) is 12.5. The summed E-state index contributed by atoms with van der Waals surface area (Å²) in [4.78, 5) is 0. The molecule has 1 aromatic rings. The predicted octanol–water partition coefficient (Wildman–Crippen LogP) is 5.10. The SMILES string of the molecule is Fc1c(C2CCCS2)ccc(C2CCCS2)c1F. The van der Waals surface area contributed by atoms with Crippen molar-refractivity contribution in [3.05, 3.63) is 34.9 Å². The molecule has 1 aromatic carbocycles. The Bertz CT molecular complexity index is 395. The highest BCUT2D eigenvalue weighted by Gasteiger charge is 2.27. The van der Waals surface area contributed by atoms with Gasteiger partial charge >= 0.3 is 0 Å². The molecule has 2 heterocycles. The molecule has 0 bridgehead atoms.